The third kappa shape index (κ3) is 4.55. The molecule has 0 spiro atoms. The molecule has 1 aliphatic heterocycles. The largest absolute Gasteiger partial charge is 0.495 e. The third-order valence-electron chi connectivity index (χ3n) is 5.30. The van der Waals surface area contributed by atoms with Gasteiger partial charge < -0.3 is 4.74 Å². The number of ether oxygens (including phenoxy) is 1. The van der Waals surface area contributed by atoms with Crippen molar-refractivity contribution in [2.24, 2.45) is 0 Å². The van der Waals surface area contributed by atoms with Crippen LogP contribution in [-0.2, 0) is 15.4 Å². The maximum atomic E-state index is 12.9. The molecule has 0 amide bonds. The van der Waals surface area contributed by atoms with Gasteiger partial charge >= 0.3 is 0 Å². The lowest BCUT2D eigenvalue weighted by Crippen LogP contribution is -2.16. The minimum atomic E-state index is -3.77. The van der Waals surface area contributed by atoms with Crippen molar-refractivity contribution in [2.75, 3.05) is 11.8 Å². The summed E-state index contributed by atoms with van der Waals surface area (Å²) in [5.41, 5.74) is 2.71. The van der Waals surface area contributed by atoms with Gasteiger partial charge in [-0.1, -0.05) is 39.0 Å². The average molecular weight is 439 g/mol. The molecule has 31 heavy (non-hydrogen) atoms. The number of nitrogens with one attached hydrogen (secondary N) is 2. The fourth-order valence-electron chi connectivity index (χ4n) is 3.47. The molecule has 1 aromatic carbocycles. The number of pyridine rings is 2. The van der Waals surface area contributed by atoms with E-state index in [1.165, 1.54) is 0 Å². The van der Waals surface area contributed by atoms with Gasteiger partial charge in [0.2, 0.25) is 0 Å². The minimum Gasteiger partial charge on any atom is -0.495 e. The van der Waals surface area contributed by atoms with Gasteiger partial charge in [0, 0.05) is 12.4 Å². The second-order valence-electron chi connectivity index (χ2n) is 8.57. The van der Waals surface area contributed by atoms with Gasteiger partial charge in [-0.05, 0) is 46.9 Å². The maximum absolute atomic E-state index is 12.9. The standard InChI is InChI=1S/C23H26N4O3S/c1-23(2,3)16-7-9-17(10-8-16)31(28,29)27-19-12-11-18(30-4)21(25-19)22-20(26-22)15-6-5-13-24-14-15/h5-14,20,22,26H,1-4H3,(H,25,27). The molecule has 3 heterocycles. The summed E-state index contributed by atoms with van der Waals surface area (Å²) >= 11 is 0. The Bertz CT molecular complexity index is 1170. The topological polar surface area (TPSA) is 103 Å². The van der Waals surface area contributed by atoms with Crippen LogP contribution in [0.2, 0.25) is 0 Å². The zero-order valence-corrected chi connectivity index (χ0v) is 18.8. The van der Waals surface area contributed by atoms with Crippen LogP contribution in [0.1, 0.15) is 49.7 Å². The van der Waals surface area contributed by atoms with Crippen LogP contribution in [0, 0.1) is 0 Å². The molecule has 0 bridgehead atoms. The van der Waals surface area contributed by atoms with Gasteiger partial charge in [0.05, 0.1) is 24.1 Å². The van der Waals surface area contributed by atoms with E-state index < -0.39 is 10.0 Å². The Labute approximate surface area is 183 Å². The summed E-state index contributed by atoms with van der Waals surface area (Å²) in [6.07, 6.45) is 3.53. The third-order valence-corrected chi connectivity index (χ3v) is 6.67. The highest BCUT2D eigenvalue weighted by molar-refractivity contribution is 7.92. The fourth-order valence-corrected chi connectivity index (χ4v) is 4.47. The molecule has 3 aromatic rings. The highest BCUT2D eigenvalue weighted by Gasteiger charge is 2.42. The molecule has 4 rings (SSSR count). The summed E-state index contributed by atoms with van der Waals surface area (Å²) in [5, 5.41) is 3.36. The Morgan fingerprint density at radius 2 is 1.77 bits per heavy atom. The van der Waals surface area contributed by atoms with E-state index in [-0.39, 0.29) is 28.2 Å². The van der Waals surface area contributed by atoms with E-state index in [2.05, 4.69) is 40.8 Å². The van der Waals surface area contributed by atoms with E-state index in [9.17, 15) is 8.42 Å². The van der Waals surface area contributed by atoms with Gasteiger partial charge in [-0.2, -0.15) is 0 Å². The maximum Gasteiger partial charge on any atom is 0.263 e. The van der Waals surface area contributed by atoms with E-state index in [0.717, 1.165) is 11.1 Å². The summed E-state index contributed by atoms with van der Waals surface area (Å²) in [7, 11) is -2.19. The molecule has 2 N–H and O–H groups in total. The molecule has 162 valence electrons. The second-order valence-corrected chi connectivity index (χ2v) is 10.3. The van der Waals surface area contributed by atoms with Crippen molar-refractivity contribution in [3.63, 3.8) is 0 Å². The summed E-state index contributed by atoms with van der Waals surface area (Å²) in [5.74, 6) is 0.843. The average Bonchev–Trinajstić information content (AvgIpc) is 3.54. The lowest BCUT2D eigenvalue weighted by molar-refractivity contribution is 0.406. The van der Waals surface area contributed by atoms with Crippen LogP contribution in [0.5, 0.6) is 5.75 Å². The Hall–Kier alpha value is -2.97. The van der Waals surface area contributed by atoms with Crippen LogP contribution in [0.15, 0.2) is 65.8 Å². The first kappa shape index (κ1) is 21.3. The highest BCUT2D eigenvalue weighted by Crippen LogP contribution is 2.44. The summed E-state index contributed by atoms with van der Waals surface area (Å²) in [6.45, 7) is 6.26. The van der Waals surface area contributed by atoms with Crippen LogP contribution < -0.4 is 14.8 Å². The molecule has 1 saturated heterocycles. The number of methoxy groups -OCH3 is 1. The molecule has 0 radical (unpaired) electrons. The zero-order valence-electron chi connectivity index (χ0n) is 18.0. The molecule has 7 nitrogen and oxygen atoms in total. The van der Waals surface area contributed by atoms with Crippen molar-refractivity contribution in [1.82, 2.24) is 15.3 Å². The van der Waals surface area contributed by atoms with Crippen molar-refractivity contribution in [3.8, 4) is 5.75 Å². The van der Waals surface area contributed by atoms with Crippen LogP contribution in [0.25, 0.3) is 0 Å². The van der Waals surface area contributed by atoms with Crippen molar-refractivity contribution in [1.29, 1.82) is 0 Å². The molecule has 1 aliphatic rings. The van der Waals surface area contributed by atoms with E-state index in [4.69, 9.17) is 4.74 Å². The first-order valence-corrected chi connectivity index (χ1v) is 11.5. The summed E-state index contributed by atoms with van der Waals surface area (Å²) in [4.78, 5) is 8.90. The number of benzene rings is 1. The lowest BCUT2D eigenvalue weighted by Gasteiger charge is -2.19. The first-order valence-electron chi connectivity index (χ1n) is 10.0. The Morgan fingerprint density at radius 3 is 2.39 bits per heavy atom. The van der Waals surface area contributed by atoms with Gasteiger partial charge in [0.1, 0.15) is 17.3 Å². The summed E-state index contributed by atoms with van der Waals surface area (Å²) < 4.78 is 33.8. The van der Waals surface area contributed by atoms with Crippen molar-refractivity contribution in [3.05, 3.63) is 77.7 Å². The van der Waals surface area contributed by atoms with Gasteiger partial charge in [0.25, 0.3) is 10.0 Å². The van der Waals surface area contributed by atoms with Crippen LogP contribution >= 0.6 is 0 Å². The molecule has 1 fully saturated rings. The minimum absolute atomic E-state index is 0.0513. The first-order chi connectivity index (χ1) is 14.7. The second kappa shape index (κ2) is 7.94. The molecule has 0 aliphatic carbocycles. The monoisotopic (exact) mass is 438 g/mol. The molecular weight excluding hydrogens is 412 g/mol. The number of hydrogen-bond donors (Lipinski definition) is 2. The molecule has 2 atom stereocenters. The number of hydrogen-bond acceptors (Lipinski definition) is 6. The van der Waals surface area contributed by atoms with Gasteiger partial charge in [-0.15, -0.1) is 0 Å². The number of sulfonamides is 1. The van der Waals surface area contributed by atoms with E-state index in [1.807, 2.05) is 24.3 Å². The molecule has 2 aromatic heterocycles. The van der Waals surface area contributed by atoms with E-state index >= 15 is 0 Å². The number of rotatable bonds is 6. The SMILES string of the molecule is COc1ccc(NS(=O)(=O)c2ccc(C(C)(C)C)cc2)nc1C1NC1c1cccnc1. The van der Waals surface area contributed by atoms with Crippen molar-refractivity contribution < 1.29 is 13.2 Å². The van der Waals surface area contributed by atoms with E-state index in [1.54, 1.807) is 43.8 Å². The van der Waals surface area contributed by atoms with Crippen LogP contribution in [0.3, 0.4) is 0 Å². The van der Waals surface area contributed by atoms with Crippen molar-refractivity contribution >= 4 is 15.8 Å². The highest BCUT2D eigenvalue weighted by atomic mass is 32.2. The smallest absolute Gasteiger partial charge is 0.263 e. The van der Waals surface area contributed by atoms with Crippen molar-refractivity contribution in [2.45, 2.75) is 43.2 Å². The molecule has 0 saturated carbocycles. The van der Waals surface area contributed by atoms with Crippen LogP contribution in [-0.4, -0.2) is 25.5 Å². The Morgan fingerprint density at radius 1 is 1.03 bits per heavy atom. The fraction of sp³-hybridized carbons (Fsp3) is 0.304. The lowest BCUT2D eigenvalue weighted by atomic mass is 9.87. The predicted octanol–water partition coefficient (Wildman–Crippen LogP) is 3.97. The predicted molar refractivity (Wildman–Crippen MR) is 120 cm³/mol. The molecular formula is C23H26N4O3S. The normalized spacial score (nSPS) is 18.5. The van der Waals surface area contributed by atoms with Gasteiger partial charge in [0.15, 0.2) is 0 Å². The van der Waals surface area contributed by atoms with Gasteiger partial charge in [-0.3, -0.25) is 15.0 Å². The Kier molecular flexibility index (Phi) is 5.45. The number of nitrogens with zero attached hydrogens (tertiary/aromatic N) is 2. The molecule has 2 unspecified atom stereocenters. The Balaban J connectivity index is 1.57. The zero-order chi connectivity index (χ0) is 22.2. The van der Waals surface area contributed by atoms with Gasteiger partial charge in [-0.25, -0.2) is 13.4 Å². The van der Waals surface area contributed by atoms with E-state index in [0.29, 0.717) is 11.4 Å². The quantitative estimate of drug-likeness (QED) is 0.565. The van der Waals surface area contributed by atoms with Crippen LogP contribution in [0.4, 0.5) is 5.82 Å². The number of aromatic nitrogens is 2. The number of anilines is 1. The summed E-state index contributed by atoms with van der Waals surface area (Å²) in [6, 6.07) is 14.1. The molecule has 8 heteroatoms.